The van der Waals surface area contributed by atoms with E-state index in [4.69, 9.17) is 4.74 Å². The molecule has 186 valence electrons. The average Bonchev–Trinajstić information content (AvgIpc) is 3.13. The zero-order valence-corrected chi connectivity index (χ0v) is 20.8. The van der Waals surface area contributed by atoms with E-state index in [1.807, 2.05) is 0 Å². The first-order valence-corrected chi connectivity index (χ1v) is 12.5. The molecule has 0 aromatic rings. The molecule has 1 unspecified atom stereocenters. The van der Waals surface area contributed by atoms with Gasteiger partial charge in [-0.2, -0.15) is 0 Å². The minimum Gasteiger partial charge on any atom is -0.469 e. The zero-order valence-electron chi connectivity index (χ0n) is 20.8. The quantitative estimate of drug-likeness (QED) is 0.586. The van der Waals surface area contributed by atoms with Crippen LogP contribution in [0.5, 0.6) is 0 Å². The number of hydrogen-bond acceptors (Lipinski definition) is 6. The molecule has 0 aromatic carbocycles. The number of carbonyl (C=O) groups excluding carboxylic acids is 3. The number of methoxy groups -OCH3 is 1. The number of fused-ring (bicyclic) bond motifs is 5. The van der Waals surface area contributed by atoms with Crippen LogP contribution in [-0.4, -0.2) is 42.6 Å². The Morgan fingerprint density at radius 3 is 2.59 bits per heavy atom. The third kappa shape index (κ3) is 4.08. The van der Waals surface area contributed by atoms with Crippen LogP contribution < -0.4 is 0 Å². The predicted octanol–water partition coefficient (Wildman–Crippen LogP) is 4.18. The minimum absolute atomic E-state index is 0.0584. The summed E-state index contributed by atoms with van der Waals surface area (Å²) in [6.07, 6.45) is 9.17. The third-order valence-corrected chi connectivity index (χ3v) is 9.43. The molecular formula is C28H38O6. The van der Waals surface area contributed by atoms with Gasteiger partial charge < -0.3 is 14.6 Å². The van der Waals surface area contributed by atoms with Crippen LogP contribution in [0.25, 0.3) is 0 Å². The second-order valence-corrected chi connectivity index (χ2v) is 11.3. The van der Waals surface area contributed by atoms with E-state index in [1.165, 1.54) is 12.7 Å². The maximum atomic E-state index is 13.2. The van der Waals surface area contributed by atoms with Crippen molar-refractivity contribution in [2.45, 2.75) is 65.4 Å². The van der Waals surface area contributed by atoms with Crippen molar-refractivity contribution in [2.24, 2.45) is 40.4 Å². The summed E-state index contributed by atoms with van der Waals surface area (Å²) in [4.78, 5) is 36.4. The van der Waals surface area contributed by atoms with Crippen LogP contribution >= 0.6 is 0 Å². The second kappa shape index (κ2) is 9.10. The number of aliphatic hydroxyl groups is 1. The fraction of sp³-hybridized carbons (Fsp3) is 0.679. The summed E-state index contributed by atoms with van der Waals surface area (Å²) in [5.41, 5.74) is 1.88. The first kappa shape index (κ1) is 24.9. The topological polar surface area (TPSA) is 89.9 Å². The number of ether oxygens (including phenoxy) is 2. The smallest absolute Gasteiger partial charge is 0.306 e. The Hall–Kier alpha value is -2.21. The molecule has 0 spiro atoms. The van der Waals surface area contributed by atoms with Gasteiger partial charge in [-0.15, -0.1) is 0 Å². The van der Waals surface area contributed by atoms with Gasteiger partial charge >= 0.3 is 11.9 Å². The normalized spacial score (nSPS) is 40.5. The van der Waals surface area contributed by atoms with Crippen LogP contribution in [-0.2, 0) is 23.9 Å². The average molecular weight is 471 g/mol. The molecule has 3 fully saturated rings. The molecule has 6 nitrogen and oxygen atoms in total. The number of esters is 2. The van der Waals surface area contributed by atoms with E-state index in [9.17, 15) is 19.5 Å². The van der Waals surface area contributed by atoms with Crippen molar-refractivity contribution in [1.82, 2.24) is 0 Å². The van der Waals surface area contributed by atoms with E-state index in [2.05, 4.69) is 50.3 Å². The second-order valence-electron chi connectivity index (χ2n) is 11.3. The fourth-order valence-electron chi connectivity index (χ4n) is 7.98. The molecule has 4 aliphatic carbocycles. The van der Waals surface area contributed by atoms with Crippen LogP contribution in [0.15, 0.2) is 36.0 Å². The Bertz CT molecular complexity index is 947. The van der Waals surface area contributed by atoms with Crippen molar-refractivity contribution in [3.63, 3.8) is 0 Å². The number of allylic oxidation sites excluding steroid dienone is 5. The zero-order chi connectivity index (χ0) is 24.8. The van der Waals surface area contributed by atoms with Gasteiger partial charge in [-0.25, -0.2) is 0 Å². The number of Topliss-reactive ketones (excluding diaryl/α,β-unsaturated/α-hetero) is 1. The van der Waals surface area contributed by atoms with Gasteiger partial charge in [0.2, 0.25) is 0 Å². The number of ketones is 1. The summed E-state index contributed by atoms with van der Waals surface area (Å²) in [5.74, 6) is -0.149. The van der Waals surface area contributed by atoms with Gasteiger partial charge in [0.15, 0.2) is 5.78 Å². The maximum absolute atomic E-state index is 13.2. The standard InChI is InChI=1S/C28H38O6/c1-16-10-11-27(3)21(12-16)17(2)13-18-19-6-7-20(28(19,4)14-22(29)26(18)27)23(30)15-34-25(32)9-8-24(31)33-5/h10-12,17-20,22,26,29H,1,6-9,13-15H2,2-5H3/t17-,18-,19?,20+,22-,26+,27-,28-/m0/s1. The lowest BCUT2D eigenvalue weighted by Crippen LogP contribution is -2.57. The van der Waals surface area contributed by atoms with E-state index in [-0.39, 0.29) is 47.9 Å². The molecule has 0 radical (unpaired) electrons. The first-order chi connectivity index (χ1) is 16.0. The molecule has 0 amide bonds. The Morgan fingerprint density at radius 1 is 1.18 bits per heavy atom. The van der Waals surface area contributed by atoms with Crippen molar-refractivity contribution >= 4 is 17.7 Å². The Labute approximate surface area is 202 Å². The van der Waals surface area contributed by atoms with Crippen molar-refractivity contribution in [2.75, 3.05) is 13.7 Å². The number of carbonyl (C=O) groups is 3. The van der Waals surface area contributed by atoms with Crippen molar-refractivity contribution in [3.8, 4) is 0 Å². The Morgan fingerprint density at radius 2 is 1.88 bits per heavy atom. The molecule has 1 N–H and O–H groups in total. The molecule has 3 saturated carbocycles. The van der Waals surface area contributed by atoms with E-state index in [0.717, 1.165) is 24.8 Å². The third-order valence-electron chi connectivity index (χ3n) is 9.43. The predicted molar refractivity (Wildman–Crippen MR) is 127 cm³/mol. The van der Waals surface area contributed by atoms with E-state index in [0.29, 0.717) is 24.2 Å². The molecule has 0 heterocycles. The maximum Gasteiger partial charge on any atom is 0.306 e. The van der Waals surface area contributed by atoms with Gasteiger partial charge in [0.25, 0.3) is 0 Å². The lowest BCUT2D eigenvalue weighted by Gasteiger charge is -2.60. The van der Waals surface area contributed by atoms with Crippen molar-refractivity contribution in [3.05, 3.63) is 36.0 Å². The summed E-state index contributed by atoms with van der Waals surface area (Å²) < 4.78 is 9.74. The van der Waals surface area contributed by atoms with Crippen LogP contribution in [0.1, 0.15) is 59.3 Å². The molecule has 0 saturated heterocycles. The minimum atomic E-state index is -0.568. The van der Waals surface area contributed by atoms with Gasteiger partial charge in [0, 0.05) is 17.3 Å². The van der Waals surface area contributed by atoms with Gasteiger partial charge in [-0.3, -0.25) is 14.4 Å². The highest BCUT2D eigenvalue weighted by Crippen LogP contribution is 2.67. The van der Waals surface area contributed by atoms with Crippen molar-refractivity contribution in [1.29, 1.82) is 0 Å². The van der Waals surface area contributed by atoms with E-state index in [1.54, 1.807) is 0 Å². The molecule has 0 aromatic heterocycles. The molecule has 4 aliphatic rings. The van der Waals surface area contributed by atoms with E-state index >= 15 is 0 Å². The highest BCUT2D eigenvalue weighted by atomic mass is 16.5. The molecular weight excluding hydrogens is 432 g/mol. The first-order valence-electron chi connectivity index (χ1n) is 12.5. The Kier molecular flexibility index (Phi) is 6.67. The summed E-state index contributed by atoms with van der Waals surface area (Å²) in [6.45, 7) is 10.5. The van der Waals surface area contributed by atoms with Crippen LogP contribution in [0.3, 0.4) is 0 Å². The lowest BCUT2D eigenvalue weighted by molar-refractivity contribution is -0.155. The SMILES string of the molecule is C=C1C=C[C@@]2(C)C(=C1)[C@@H](C)C[C@H]1C3CC[C@H](C(=O)COC(=O)CCC(=O)OC)[C@@]3(C)C[C@H](O)[C@@H]12. The largest absolute Gasteiger partial charge is 0.469 e. The number of aliphatic hydroxyl groups excluding tert-OH is 1. The molecule has 34 heavy (non-hydrogen) atoms. The molecule has 8 atom stereocenters. The van der Waals surface area contributed by atoms with Crippen molar-refractivity contribution < 1.29 is 29.0 Å². The van der Waals surface area contributed by atoms with Gasteiger partial charge in [-0.1, -0.05) is 51.2 Å². The number of rotatable bonds is 6. The summed E-state index contributed by atoms with van der Waals surface area (Å²) >= 11 is 0. The highest BCUT2D eigenvalue weighted by Gasteiger charge is 2.63. The van der Waals surface area contributed by atoms with Crippen LogP contribution in [0.4, 0.5) is 0 Å². The van der Waals surface area contributed by atoms with Crippen LogP contribution in [0, 0.1) is 40.4 Å². The highest BCUT2D eigenvalue weighted by molar-refractivity contribution is 5.86. The van der Waals surface area contributed by atoms with Gasteiger partial charge in [0.1, 0.15) is 6.61 Å². The van der Waals surface area contributed by atoms with Gasteiger partial charge in [0.05, 0.1) is 26.1 Å². The summed E-state index contributed by atoms with van der Waals surface area (Å²) in [7, 11) is 1.27. The molecule has 6 heteroatoms. The molecule has 4 rings (SSSR count). The summed E-state index contributed by atoms with van der Waals surface area (Å²) in [6, 6.07) is 0. The lowest BCUT2D eigenvalue weighted by atomic mass is 9.45. The molecule has 0 bridgehead atoms. The molecule has 0 aliphatic heterocycles. The van der Waals surface area contributed by atoms with Crippen LogP contribution in [0.2, 0.25) is 0 Å². The monoisotopic (exact) mass is 470 g/mol. The van der Waals surface area contributed by atoms with Gasteiger partial charge in [-0.05, 0) is 54.4 Å². The summed E-state index contributed by atoms with van der Waals surface area (Å²) in [5, 5.41) is 11.5. The fourth-order valence-corrected chi connectivity index (χ4v) is 7.98. The number of hydrogen-bond donors (Lipinski definition) is 1. The Balaban J connectivity index is 1.48. The van der Waals surface area contributed by atoms with E-state index < -0.39 is 18.0 Å².